The topological polar surface area (TPSA) is 0 Å². The van der Waals surface area contributed by atoms with Gasteiger partial charge in [-0.3, -0.25) is 0 Å². The molecule has 0 rings (SSSR count). The second-order valence-electron chi connectivity index (χ2n) is 1.81. The van der Waals surface area contributed by atoms with Crippen molar-refractivity contribution in [3.63, 3.8) is 0 Å². The van der Waals surface area contributed by atoms with E-state index in [4.69, 9.17) is 0 Å². The Balaban J connectivity index is 3.08. The van der Waals surface area contributed by atoms with Crippen LogP contribution < -0.4 is 0 Å². The van der Waals surface area contributed by atoms with Gasteiger partial charge in [0.05, 0.1) is 0 Å². The van der Waals surface area contributed by atoms with Crippen molar-refractivity contribution >= 4 is 11.8 Å². The molecule has 0 fully saturated rings. The molecule has 0 saturated heterocycles. The van der Waals surface area contributed by atoms with Crippen LogP contribution in [-0.2, 0) is 0 Å². The van der Waals surface area contributed by atoms with Gasteiger partial charge in [-0.15, -0.1) is 11.8 Å². The SMILES string of the molecule is CSC=CC(C)C. The summed E-state index contributed by atoms with van der Waals surface area (Å²) >= 11 is 1.75. The monoisotopic (exact) mass is 116 g/mol. The van der Waals surface area contributed by atoms with Crippen molar-refractivity contribution in [2.45, 2.75) is 13.8 Å². The molecule has 0 nitrogen and oxygen atoms in total. The summed E-state index contributed by atoms with van der Waals surface area (Å²) < 4.78 is 0. The van der Waals surface area contributed by atoms with Crippen LogP contribution in [-0.4, -0.2) is 6.26 Å². The molecular formula is C6H12S. The number of rotatable bonds is 2. The van der Waals surface area contributed by atoms with Crippen LogP contribution in [0.3, 0.4) is 0 Å². The second-order valence-corrected chi connectivity index (χ2v) is 2.55. The Morgan fingerprint density at radius 3 is 2.14 bits per heavy atom. The predicted octanol–water partition coefficient (Wildman–Crippen LogP) is 2.52. The van der Waals surface area contributed by atoms with Crippen molar-refractivity contribution < 1.29 is 0 Å². The summed E-state index contributed by atoms with van der Waals surface area (Å²) in [6, 6.07) is 0. The average molecular weight is 116 g/mol. The summed E-state index contributed by atoms with van der Waals surface area (Å²) in [7, 11) is 0. The molecule has 0 aliphatic heterocycles. The highest BCUT2D eigenvalue weighted by atomic mass is 32.2. The first-order valence-electron chi connectivity index (χ1n) is 2.47. The molecule has 0 heterocycles. The number of hydrogen-bond acceptors (Lipinski definition) is 1. The van der Waals surface area contributed by atoms with Crippen LogP contribution in [0.5, 0.6) is 0 Å². The Labute approximate surface area is 50.0 Å². The van der Waals surface area contributed by atoms with Gasteiger partial charge < -0.3 is 0 Å². The van der Waals surface area contributed by atoms with E-state index in [-0.39, 0.29) is 0 Å². The maximum absolute atomic E-state index is 2.19. The molecule has 0 spiro atoms. The molecule has 42 valence electrons. The van der Waals surface area contributed by atoms with Gasteiger partial charge in [0.25, 0.3) is 0 Å². The van der Waals surface area contributed by atoms with Crippen LogP contribution in [0.25, 0.3) is 0 Å². The highest BCUT2D eigenvalue weighted by Crippen LogP contribution is 1.99. The first kappa shape index (κ1) is 7.09. The fraction of sp³-hybridized carbons (Fsp3) is 0.667. The Morgan fingerprint density at radius 1 is 1.43 bits per heavy atom. The Hall–Kier alpha value is 0.0900. The maximum Gasteiger partial charge on any atom is -0.0142 e. The predicted molar refractivity (Wildman–Crippen MR) is 37.5 cm³/mol. The van der Waals surface area contributed by atoms with Crippen molar-refractivity contribution in [3.8, 4) is 0 Å². The molecule has 0 aromatic heterocycles. The molecule has 7 heavy (non-hydrogen) atoms. The highest BCUT2D eigenvalue weighted by Gasteiger charge is 1.78. The summed E-state index contributed by atoms with van der Waals surface area (Å²) in [5.41, 5.74) is 0. The van der Waals surface area contributed by atoms with Gasteiger partial charge in [-0.05, 0) is 17.6 Å². The Kier molecular flexibility index (Phi) is 4.31. The lowest BCUT2D eigenvalue weighted by atomic mass is 10.2. The first-order valence-corrected chi connectivity index (χ1v) is 3.75. The third kappa shape index (κ3) is 6.09. The Morgan fingerprint density at radius 2 is 2.00 bits per heavy atom. The zero-order chi connectivity index (χ0) is 5.70. The molecule has 0 bridgehead atoms. The minimum absolute atomic E-state index is 0.701. The first-order chi connectivity index (χ1) is 3.27. The van der Waals surface area contributed by atoms with E-state index in [1.54, 1.807) is 11.8 Å². The summed E-state index contributed by atoms with van der Waals surface area (Å²) in [6.07, 6.45) is 4.25. The van der Waals surface area contributed by atoms with Gasteiger partial charge in [-0.25, -0.2) is 0 Å². The molecule has 0 atom stereocenters. The smallest absolute Gasteiger partial charge is 0.0142 e. The molecule has 0 unspecified atom stereocenters. The van der Waals surface area contributed by atoms with Crippen LogP contribution in [0.1, 0.15) is 13.8 Å². The zero-order valence-corrected chi connectivity index (χ0v) is 5.96. The molecule has 0 aliphatic rings. The quantitative estimate of drug-likeness (QED) is 0.534. The molecule has 0 aromatic rings. The fourth-order valence-corrected chi connectivity index (χ4v) is 0.707. The standard InChI is InChI=1S/C6H12S/c1-6(2)4-5-7-3/h4-6H,1-3H3. The Bertz CT molecular complexity index is 55.2. The average Bonchev–Trinajstić information content (AvgIpc) is 1.61. The van der Waals surface area contributed by atoms with Crippen LogP contribution in [0, 0.1) is 5.92 Å². The van der Waals surface area contributed by atoms with Gasteiger partial charge in [0, 0.05) is 0 Å². The van der Waals surface area contributed by atoms with E-state index in [2.05, 4.69) is 31.6 Å². The van der Waals surface area contributed by atoms with Gasteiger partial charge in [-0.2, -0.15) is 0 Å². The van der Waals surface area contributed by atoms with E-state index in [0.29, 0.717) is 5.92 Å². The molecule has 0 saturated carbocycles. The molecular weight excluding hydrogens is 104 g/mol. The molecule has 0 N–H and O–H groups in total. The van der Waals surface area contributed by atoms with Crippen LogP contribution >= 0.6 is 11.8 Å². The van der Waals surface area contributed by atoms with E-state index < -0.39 is 0 Å². The molecule has 1 heteroatoms. The molecule has 0 amide bonds. The van der Waals surface area contributed by atoms with Crippen molar-refractivity contribution in [1.82, 2.24) is 0 Å². The van der Waals surface area contributed by atoms with Crippen molar-refractivity contribution in [3.05, 3.63) is 11.5 Å². The largest absolute Gasteiger partial charge is 0.138 e. The second kappa shape index (κ2) is 4.25. The molecule has 0 aromatic carbocycles. The lowest BCUT2D eigenvalue weighted by molar-refractivity contribution is 0.834. The normalized spacial score (nSPS) is 11.4. The van der Waals surface area contributed by atoms with E-state index in [9.17, 15) is 0 Å². The summed E-state index contributed by atoms with van der Waals surface area (Å²) in [4.78, 5) is 0. The minimum atomic E-state index is 0.701. The third-order valence-electron chi connectivity index (χ3n) is 0.600. The van der Waals surface area contributed by atoms with Crippen molar-refractivity contribution in [1.29, 1.82) is 0 Å². The fourth-order valence-electron chi connectivity index (χ4n) is 0.236. The summed E-state index contributed by atoms with van der Waals surface area (Å²) in [6.45, 7) is 4.35. The van der Waals surface area contributed by atoms with E-state index >= 15 is 0 Å². The lowest BCUT2D eigenvalue weighted by Gasteiger charge is -1.88. The van der Waals surface area contributed by atoms with Crippen LogP contribution in [0.4, 0.5) is 0 Å². The highest BCUT2D eigenvalue weighted by molar-refractivity contribution is 8.01. The molecule has 0 aliphatic carbocycles. The summed E-state index contributed by atoms with van der Waals surface area (Å²) in [5, 5.41) is 2.12. The third-order valence-corrected chi connectivity index (χ3v) is 1.03. The van der Waals surface area contributed by atoms with Gasteiger partial charge in [0.1, 0.15) is 0 Å². The van der Waals surface area contributed by atoms with Crippen LogP contribution in [0.2, 0.25) is 0 Å². The van der Waals surface area contributed by atoms with Gasteiger partial charge in [-0.1, -0.05) is 19.9 Å². The van der Waals surface area contributed by atoms with Gasteiger partial charge >= 0.3 is 0 Å². The maximum atomic E-state index is 2.19. The summed E-state index contributed by atoms with van der Waals surface area (Å²) in [5.74, 6) is 0.701. The number of hydrogen-bond donors (Lipinski definition) is 0. The van der Waals surface area contributed by atoms with Gasteiger partial charge in [0.15, 0.2) is 0 Å². The lowest BCUT2D eigenvalue weighted by Crippen LogP contribution is -1.73. The van der Waals surface area contributed by atoms with Crippen molar-refractivity contribution in [2.24, 2.45) is 5.92 Å². The van der Waals surface area contributed by atoms with E-state index in [1.165, 1.54) is 0 Å². The zero-order valence-electron chi connectivity index (χ0n) is 5.14. The van der Waals surface area contributed by atoms with E-state index in [0.717, 1.165) is 0 Å². The number of allylic oxidation sites excluding steroid dienone is 1. The molecule has 0 radical (unpaired) electrons. The van der Waals surface area contributed by atoms with Crippen LogP contribution in [0.15, 0.2) is 11.5 Å². The minimum Gasteiger partial charge on any atom is -0.138 e. The van der Waals surface area contributed by atoms with Gasteiger partial charge in [0.2, 0.25) is 0 Å². The van der Waals surface area contributed by atoms with Crippen molar-refractivity contribution in [2.75, 3.05) is 6.26 Å². The van der Waals surface area contributed by atoms with E-state index in [1.807, 2.05) is 0 Å². The number of thioether (sulfide) groups is 1.